The van der Waals surface area contributed by atoms with Crippen molar-refractivity contribution in [3.63, 3.8) is 0 Å². The molecule has 1 fully saturated rings. The van der Waals surface area contributed by atoms with Crippen LogP contribution < -0.4 is 5.32 Å². The molecule has 2 unspecified atom stereocenters. The number of rotatable bonds is 2. The Hall–Kier alpha value is 0.0500. The first kappa shape index (κ1) is 7.69. The van der Waals surface area contributed by atoms with Crippen molar-refractivity contribution in [1.29, 1.82) is 0 Å². The van der Waals surface area contributed by atoms with E-state index in [1.54, 1.807) is 0 Å². The van der Waals surface area contributed by atoms with Gasteiger partial charge >= 0.3 is 0 Å². The van der Waals surface area contributed by atoms with Crippen LogP contribution in [0.1, 0.15) is 19.3 Å². The second kappa shape index (κ2) is 3.63. The summed E-state index contributed by atoms with van der Waals surface area (Å²) < 4.78 is 0. The summed E-state index contributed by atoms with van der Waals surface area (Å²) in [6.07, 6.45) is 8.64. The Kier molecular flexibility index (Phi) is 2.54. The van der Waals surface area contributed by atoms with Crippen LogP contribution in [0.2, 0.25) is 0 Å². The highest BCUT2D eigenvalue weighted by Crippen LogP contribution is 2.27. The standard InChI is InChI=1S/C9H15NS/c1-3-8(4-1)7-9-10-5-2-6-11-9/h1,3,8-10H,2,4-7H2. The molecule has 1 nitrogen and oxygen atoms in total. The van der Waals surface area contributed by atoms with Crippen molar-refractivity contribution in [2.24, 2.45) is 5.92 Å². The molecule has 11 heavy (non-hydrogen) atoms. The first-order chi connectivity index (χ1) is 5.45. The van der Waals surface area contributed by atoms with E-state index in [1.165, 1.54) is 31.6 Å². The summed E-state index contributed by atoms with van der Waals surface area (Å²) in [7, 11) is 0. The molecule has 0 radical (unpaired) electrons. The molecule has 0 bridgehead atoms. The second-order valence-corrected chi connectivity index (χ2v) is 4.64. The third kappa shape index (κ3) is 2.00. The lowest BCUT2D eigenvalue weighted by Crippen LogP contribution is -2.33. The Bertz CT molecular complexity index is 150. The molecule has 0 aromatic carbocycles. The maximum atomic E-state index is 3.55. The Morgan fingerprint density at radius 3 is 3.00 bits per heavy atom. The van der Waals surface area contributed by atoms with Crippen molar-refractivity contribution >= 4 is 11.8 Å². The first-order valence-corrected chi connectivity index (χ1v) is 5.52. The van der Waals surface area contributed by atoms with Crippen molar-refractivity contribution in [1.82, 2.24) is 5.32 Å². The van der Waals surface area contributed by atoms with E-state index in [2.05, 4.69) is 29.2 Å². The van der Waals surface area contributed by atoms with Crippen LogP contribution in [0.25, 0.3) is 0 Å². The van der Waals surface area contributed by atoms with E-state index in [-0.39, 0.29) is 0 Å². The predicted octanol–water partition coefficient (Wildman–Crippen LogP) is 2.01. The SMILES string of the molecule is C1=CC(CC2NCCCS2)C1. The molecular weight excluding hydrogens is 154 g/mol. The van der Waals surface area contributed by atoms with Crippen molar-refractivity contribution in [3.05, 3.63) is 12.2 Å². The molecule has 0 amide bonds. The van der Waals surface area contributed by atoms with Crippen LogP contribution in [0.4, 0.5) is 0 Å². The molecule has 1 N–H and O–H groups in total. The van der Waals surface area contributed by atoms with Gasteiger partial charge in [-0.05, 0) is 37.5 Å². The third-order valence-corrected chi connectivity index (χ3v) is 3.66. The van der Waals surface area contributed by atoms with Gasteiger partial charge in [0.05, 0.1) is 5.37 Å². The van der Waals surface area contributed by atoms with E-state index >= 15 is 0 Å². The van der Waals surface area contributed by atoms with Gasteiger partial charge in [-0.25, -0.2) is 0 Å². The highest BCUT2D eigenvalue weighted by Gasteiger charge is 2.19. The number of hydrogen-bond donors (Lipinski definition) is 1. The van der Waals surface area contributed by atoms with Crippen LogP contribution in [0.5, 0.6) is 0 Å². The normalized spacial score (nSPS) is 36.7. The van der Waals surface area contributed by atoms with Gasteiger partial charge in [0.2, 0.25) is 0 Å². The van der Waals surface area contributed by atoms with Gasteiger partial charge in [-0.15, -0.1) is 11.8 Å². The fourth-order valence-electron chi connectivity index (χ4n) is 1.55. The van der Waals surface area contributed by atoms with Crippen molar-refractivity contribution in [3.8, 4) is 0 Å². The molecule has 2 atom stereocenters. The fraction of sp³-hybridized carbons (Fsp3) is 0.778. The lowest BCUT2D eigenvalue weighted by molar-refractivity contribution is 0.487. The van der Waals surface area contributed by atoms with Crippen LogP contribution in [0.3, 0.4) is 0 Å². The molecule has 2 heteroatoms. The first-order valence-electron chi connectivity index (χ1n) is 4.47. The Morgan fingerprint density at radius 2 is 2.45 bits per heavy atom. The van der Waals surface area contributed by atoms with Gasteiger partial charge in [0, 0.05) is 0 Å². The van der Waals surface area contributed by atoms with E-state index in [0.29, 0.717) is 0 Å². The van der Waals surface area contributed by atoms with E-state index in [9.17, 15) is 0 Å². The zero-order valence-corrected chi connectivity index (χ0v) is 7.57. The zero-order chi connectivity index (χ0) is 7.52. The Labute approximate surface area is 72.6 Å². The average molecular weight is 169 g/mol. The molecule has 1 heterocycles. The topological polar surface area (TPSA) is 12.0 Å². The minimum atomic E-state index is 0.749. The van der Waals surface area contributed by atoms with Crippen molar-refractivity contribution in [2.75, 3.05) is 12.3 Å². The molecule has 0 aromatic rings. The number of thioether (sulfide) groups is 1. The number of hydrogen-bond acceptors (Lipinski definition) is 2. The Balaban J connectivity index is 1.71. The lowest BCUT2D eigenvalue weighted by Gasteiger charge is -2.27. The second-order valence-electron chi connectivity index (χ2n) is 3.33. The van der Waals surface area contributed by atoms with Gasteiger partial charge in [-0.2, -0.15) is 0 Å². The minimum absolute atomic E-state index is 0.749. The van der Waals surface area contributed by atoms with Crippen LogP contribution >= 0.6 is 11.8 Å². The molecule has 0 aromatic heterocycles. The molecule has 1 aliphatic heterocycles. The third-order valence-electron chi connectivity index (χ3n) is 2.38. The summed E-state index contributed by atoms with van der Waals surface area (Å²) in [5.41, 5.74) is 0. The molecule has 62 valence electrons. The molecule has 1 saturated heterocycles. The molecular formula is C9H15NS. The highest BCUT2D eigenvalue weighted by atomic mass is 32.2. The maximum Gasteiger partial charge on any atom is 0.0537 e. The molecule has 0 spiro atoms. The van der Waals surface area contributed by atoms with Gasteiger partial charge in [-0.3, -0.25) is 0 Å². The minimum Gasteiger partial charge on any atom is -0.305 e. The van der Waals surface area contributed by atoms with E-state index < -0.39 is 0 Å². The zero-order valence-electron chi connectivity index (χ0n) is 6.75. The van der Waals surface area contributed by atoms with E-state index in [4.69, 9.17) is 0 Å². The van der Waals surface area contributed by atoms with Crippen LogP contribution in [-0.2, 0) is 0 Å². The molecule has 2 aliphatic rings. The number of nitrogens with one attached hydrogen (secondary N) is 1. The number of allylic oxidation sites excluding steroid dienone is 2. The van der Waals surface area contributed by atoms with Gasteiger partial charge < -0.3 is 5.32 Å². The summed E-state index contributed by atoms with van der Waals surface area (Å²) in [6.45, 7) is 1.23. The maximum absolute atomic E-state index is 3.55. The highest BCUT2D eigenvalue weighted by molar-refractivity contribution is 7.99. The monoisotopic (exact) mass is 169 g/mol. The molecule has 1 aliphatic carbocycles. The molecule has 0 saturated carbocycles. The predicted molar refractivity (Wildman–Crippen MR) is 50.7 cm³/mol. The van der Waals surface area contributed by atoms with Crippen molar-refractivity contribution < 1.29 is 0 Å². The fourth-order valence-corrected chi connectivity index (χ4v) is 2.76. The van der Waals surface area contributed by atoms with E-state index in [0.717, 1.165) is 11.3 Å². The quantitative estimate of drug-likeness (QED) is 0.635. The summed E-state index contributed by atoms with van der Waals surface area (Å²) in [5, 5.41) is 4.30. The van der Waals surface area contributed by atoms with E-state index in [1.807, 2.05) is 0 Å². The van der Waals surface area contributed by atoms with Crippen LogP contribution in [0.15, 0.2) is 12.2 Å². The summed E-state index contributed by atoms with van der Waals surface area (Å²) in [5.74, 6) is 2.24. The largest absolute Gasteiger partial charge is 0.305 e. The molecule has 2 rings (SSSR count). The lowest BCUT2D eigenvalue weighted by atomic mass is 9.92. The summed E-state index contributed by atoms with van der Waals surface area (Å²) in [4.78, 5) is 0. The van der Waals surface area contributed by atoms with Gasteiger partial charge in [0.25, 0.3) is 0 Å². The smallest absolute Gasteiger partial charge is 0.0537 e. The van der Waals surface area contributed by atoms with Crippen LogP contribution in [-0.4, -0.2) is 17.7 Å². The summed E-state index contributed by atoms with van der Waals surface area (Å²) >= 11 is 2.10. The van der Waals surface area contributed by atoms with Crippen LogP contribution in [0, 0.1) is 5.92 Å². The van der Waals surface area contributed by atoms with Gasteiger partial charge in [0.15, 0.2) is 0 Å². The average Bonchev–Trinajstić information content (AvgIpc) is 1.99. The van der Waals surface area contributed by atoms with Crippen molar-refractivity contribution in [2.45, 2.75) is 24.6 Å². The van der Waals surface area contributed by atoms with Gasteiger partial charge in [0.1, 0.15) is 0 Å². The summed E-state index contributed by atoms with van der Waals surface area (Å²) in [6, 6.07) is 0. The van der Waals surface area contributed by atoms with Gasteiger partial charge in [-0.1, -0.05) is 12.2 Å². The Morgan fingerprint density at radius 1 is 1.55 bits per heavy atom.